The van der Waals surface area contributed by atoms with Crippen LogP contribution in [0.25, 0.3) is 0 Å². The van der Waals surface area contributed by atoms with Crippen molar-refractivity contribution in [3.63, 3.8) is 0 Å². The summed E-state index contributed by atoms with van der Waals surface area (Å²) in [7, 11) is 0. The Morgan fingerprint density at radius 1 is 1.14 bits per heavy atom. The van der Waals surface area contributed by atoms with Crippen molar-refractivity contribution in [1.82, 2.24) is 0 Å². The lowest BCUT2D eigenvalue weighted by Crippen LogP contribution is -3.00. The van der Waals surface area contributed by atoms with Gasteiger partial charge in [0.05, 0.1) is 17.1 Å². The highest BCUT2D eigenvalue weighted by molar-refractivity contribution is 6.36. The summed E-state index contributed by atoms with van der Waals surface area (Å²) >= 11 is 11.8. The molecule has 0 spiro atoms. The Bertz CT molecular complexity index is 705. The molecule has 0 saturated heterocycles. The van der Waals surface area contributed by atoms with Gasteiger partial charge in [0.2, 0.25) is 12.3 Å². The maximum Gasteiger partial charge on any atom is 0.229 e. The molecule has 2 N–H and O–H groups in total. The van der Waals surface area contributed by atoms with Gasteiger partial charge in [0.25, 0.3) is 0 Å². The molecule has 22 heavy (non-hydrogen) atoms. The van der Waals surface area contributed by atoms with Gasteiger partial charge >= 0.3 is 0 Å². The molecular weight excluding hydrogens is 347 g/mol. The van der Waals surface area contributed by atoms with E-state index in [0.29, 0.717) is 21.2 Å². The van der Waals surface area contributed by atoms with Crippen LogP contribution in [-0.4, -0.2) is 18.1 Å². The second kappa shape index (κ2) is 8.25. The maximum atomic E-state index is 12.2. The number of carbonyl (C=O) groups excluding carboxylic acids is 2. The molecule has 0 saturated carbocycles. The number of benzene rings is 1. The second-order valence-electron chi connectivity index (χ2n) is 4.44. The third-order valence-corrected chi connectivity index (χ3v) is 3.47. The fraction of sp³-hybridized carbons (Fsp3) is 0.133. The Hall–Kier alpha value is -1.46. The first-order valence-corrected chi connectivity index (χ1v) is 6.97. The van der Waals surface area contributed by atoms with E-state index in [1.165, 1.54) is 6.07 Å². The van der Waals surface area contributed by atoms with E-state index >= 15 is 0 Å². The van der Waals surface area contributed by atoms with Crippen LogP contribution in [0.4, 0.5) is 0 Å². The van der Waals surface area contributed by atoms with Crippen LogP contribution in [0.1, 0.15) is 20.7 Å². The van der Waals surface area contributed by atoms with Crippen LogP contribution in [0, 0.1) is 0 Å². The zero-order chi connectivity index (χ0) is 15.4. The van der Waals surface area contributed by atoms with Crippen molar-refractivity contribution in [2.24, 2.45) is 5.73 Å². The first-order chi connectivity index (χ1) is 10.0. The minimum Gasteiger partial charge on any atom is -1.00 e. The van der Waals surface area contributed by atoms with Crippen LogP contribution in [0.15, 0.2) is 42.7 Å². The van der Waals surface area contributed by atoms with Crippen LogP contribution in [0.3, 0.4) is 0 Å². The minimum atomic E-state index is -0.179. The van der Waals surface area contributed by atoms with Gasteiger partial charge in [-0.25, -0.2) is 0 Å². The van der Waals surface area contributed by atoms with Crippen molar-refractivity contribution >= 4 is 34.8 Å². The van der Waals surface area contributed by atoms with Crippen LogP contribution >= 0.6 is 23.2 Å². The largest absolute Gasteiger partial charge is 1.00 e. The van der Waals surface area contributed by atoms with Crippen LogP contribution in [0.2, 0.25) is 10.0 Å². The number of Topliss-reactive ketones (excluding diaryl/α,β-unsaturated/α-hetero) is 2. The van der Waals surface area contributed by atoms with Crippen LogP contribution in [0.5, 0.6) is 0 Å². The van der Waals surface area contributed by atoms with Crippen molar-refractivity contribution < 1.29 is 26.6 Å². The van der Waals surface area contributed by atoms with E-state index in [0.717, 1.165) is 0 Å². The lowest BCUT2D eigenvalue weighted by Gasteiger charge is -2.02. The van der Waals surface area contributed by atoms with Gasteiger partial charge in [-0.2, -0.15) is 4.57 Å². The number of hydrogen-bond donors (Lipinski definition) is 1. The van der Waals surface area contributed by atoms with Gasteiger partial charge in [-0.05, 0) is 24.3 Å². The molecule has 116 valence electrons. The molecule has 1 aromatic carbocycles. The fourth-order valence-electron chi connectivity index (χ4n) is 1.87. The molecular formula is C15H13Cl3N2O2. The number of pyridine rings is 1. The van der Waals surface area contributed by atoms with E-state index in [4.69, 9.17) is 28.9 Å². The Balaban J connectivity index is 0.00000242. The smallest absolute Gasteiger partial charge is 0.229 e. The summed E-state index contributed by atoms with van der Waals surface area (Å²) in [5, 5.41) is 0.780. The van der Waals surface area contributed by atoms with Crippen molar-refractivity contribution in [2.45, 2.75) is 6.54 Å². The van der Waals surface area contributed by atoms with E-state index in [1.807, 2.05) is 0 Å². The molecule has 2 rings (SSSR count). The molecule has 0 radical (unpaired) electrons. The molecule has 0 amide bonds. The van der Waals surface area contributed by atoms with E-state index in [2.05, 4.69) is 0 Å². The summed E-state index contributed by atoms with van der Waals surface area (Å²) in [4.78, 5) is 23.8. The first-order valence-electron chi connectivity index (χ1n) is 6.22. The number of nitrogens with zero attached hydrogens (tertiary/aromatic N) is 1. The third-order valence-electron chi connectivity index (χ3n) is 2.92. The lowest BCUT2D eigenvalue weighted by atomic mass is 10.1. The first kappa shape index (κ1) is 18.6. The van der Waals surface area contributed by atoms with Gasteiger partial charge < -0.3 is 18.1 Å². The zero-order valence-corrected chi connectivity index (χ0v) is 13.7. The number of hydrogen-bond acceptors (Lipinski definition) is 3. The number of carbonyl (C=O) groups is 2. The Morgan fingerprint density at radius 3 is 2.50 bits per heavy atom. The van der Waals surface area contributed by atoms with Gasteiger partial charge in [0.1, 0.15) is 0 Å². The van der Waals surface area contributed by atoms with Crippen molar-refractivity contribution in [3.05, 3.63) is 63.9 Å². The summed E-state index contributed by atoms with van der Waals surface area (Å²) in [5.74, 6) is -0.347. The summed E-state index contributed by atoms with van der Waals surface area (Å²) in [5.41, 5.74) is 6.19. The zero-order valence-electron chi connectivity index (χ0n) is 11.4. The topological polar surface area (TPSA) is 64.0 Å². The normalized spacial score (nSPS) is 9.95. The molecule has 0 fully saturated rings. The molecule has 0 unspecified atom stereocenters. The number of rotatable bonds is 5. The van der Waals surface area contributed by atoms with Gasteiger partial charge in [0.15, 0.2) is 18.2 Å². The summed E-state index contributed by atoms with van der Waals surface area (Å²) < 4.78 is 1.62. The molecule has 0 aliphatic rings. The quantitative estimate of drug-likeness (QED) is 0.568. The third kappa shape index (κ3) is 4.52. The molecule has 0 aliphatic heterocycles. The standard InChI is InChI=1S/C15H13Cl2N2O2.ClH/c16-11-3-4-12(13(17)6-11)15(21)9-19-5-1-2-10(8-19)14(20)7-18;/h1-6,8H,7,9,18H2;1H/q+1;/p-1. The molecule has 0 atom stereocenters. The Morgan fingerprint density at radius 2 is 1.86 bits per heavy atom. The molecule has 0 bridgehead atoms. The highest BCUT2D eigenvalue weighted by Gasteiger charge is 2.17. The Kier molecular flexibility index (Phi) is 6.97. The van der Waals surface area contributed by atoms with Gasteiger partial charge in [-0.1, -0.05) is 23.2 Å². The number of ketones is 2. The van der Waals surface area contributed by atoms with Crippen molar-refractivity contribution in [1.29, 1.82) is 0 Å². The SMILES string of the molecule is NCC(=O)c1ccc[n+](CC(=O)c2ccc(Cl)cc2Cl)c1.[Cl-]. The lowest BCUT2D eigenvalue weighted by molar-refractivity contribution is -0.683. The highest BCUT2D eigenvalue weighted by atomic mass is 35.5. The number of halogens is 3. The highest BCUT2D eigenvalue weighted by Crippen LogP contribution is 2.21. The molecule has 4 nitrogen and oxygen atoms in total. The van der Waals surface area contributed by atoms with E-state index in [1.54, 1.807) is 41.2 Å². The molecule has 1 heterocycles. The summed E-state index contributed by atoms with van der Waals surface area (Å²) in [6.45, 7) is 0.00795. The molecule has 1 aromatic heterocycles. The second-order valence-corrected chi connectivity index (χ2v) is 5.28. The summed E-state index contributed by atoms with van der Waals surface area (Å²) in [6, 6.07) is 8.07. The van der Waals surface area contributed by atoms with Crippen LogP contribution in [-0.2, 0) is 6.54 Å². The van der Waals surface area contributed by atoms with E-state index < -0.39 is 0 Å². The predicted molar refractivity (Wildman–Crippen MR) is 80.8 cm³/mol. The Labute approximate surface area is 144 Å². The number of aromatic nitrogens is 1. The van der Waals surface area contributed by atoms with Crippen LogP contribution < -0.4 is 22.7 Å². The molecule has 0 aliphatic carbocycles. The summed E-state index contributed by atoms with van der Waals surface area (Å²) in [6.07, 6.45) is 3.30. The van der Waals surface area contributed by atoms with E-state index in [9.17, 15) is 9.59 Å². The molecule has 7 heteroatoms. The average Bonchev–Trinajstić information content (AvgIpc) is 2.46. The fourth-order valence-corrected chi connectivity index (χ4v) is 2.38. The van der Waals surface area contributed by atoms with Gasteiger partial charge in [-0.15, -0.1) is 0 Å². The van der Waals surface area contributed by atoms with E-state index in [-0.39, 0.29) is 37.1 Å². The van der Waals surface area contributed by atoms with Crippen molar-refractivity contribution in [3.8, 4) is 0 Å². The minimum absolute atomic E-state index is 0. The predicted octanol–water partition coefficient (Wildman–Crippen LogP) is -0.691. The molecule has 2 aromatic rings. The van der Waals surface area contributed by atoms with Crippen molar-refractivity contribution in [2.75, 3.05) is 6.54 Å². The van der Waals surface area contributed by atoms with Gasteiger partial charge in [0, 0.05) is 16.7 Å². The average molecular weight is 360 g/mol. The maximum absolute atomic E-state index is 12.2. The van der Waals surface area contributed by atoms with Gasteiger partial charge in [-0.3, -0.25) is 9.59 Å². The monoisotopic (exact) mass is 358 g/mol. The number of nitrogens with two attached hydrogens (primary N) is 1.